The molecular weight excluding hydrogens is 373 g/mol. The van der Waals surface area contributed by atoms with Crippen molar-refractivity contribution in [2.75, 3.05) is 31.1 Å². The molecule has 0 bridgehead atoms. The molecule has 0 N–H and O–H groups in total. The quantitative estimate of drug-likeness (QED) is 0.653. The van der Waals surface area contributed by atoms with Gasteiger partial charge in [0, 0.05) is 31.7 Å². The fourth-order valence-corrected chi connectivity index (χ4v) is 4.50. The van der Waals surface area contributed by atoms with Gasteiger partial charge in [-0.15, -0.1) is 0 Å². The van der Waals surface area contributed by atoms with Gasteiger partial charge < -0.3 is 9.80 Å². The minimum Gasteiger partial charge on any atom is -0.345 e. The fourth-order valence-electron chi connectivity index (χ4n) is 3.13. The van der Waals surface area contributed by atoms with E-state index in [9.17, 15) is 9.18 Å². The lowest BCUT2D eigenvalue weighted by Gasteiger charge is -2.34. The normalized spacial score (nSPS) is 14.9. The first-order chi connectivity index (χ1) is 12.5. The number of anilines is 1. The monoisotopic (exact) mass is 389 g/mol. The summed E-state index contributed by atoms with van der Waals surface area (Å²) in [6.45, 7) is 4.57. The maximum Gasteiger partial charge on any atom is 0.254 e. The number of piperazine rings is 1. The Morgan fingerprint density at radius 1 is 1.19 bits per heavy atom. The zero-order valence-corrected chi connectivity index (χ0v) is 15.8. The van der Waals surface area contributed by atoms with Crippen molar-refractivity contribution in [1.82, 2.24) is 9.88 Å². The minimum atomic E-state index is -0.392. The molecule has 3 aromatic rings. The van der Waals surface area contributed by atoms with E-state index in [1.54, 1.807) is 28.4 Å². The average Bonchev–Trinajstić information content (AvgIpc) is 3.11. The van der Waals surface area contributed by atoms with Crippen LogP contribution in [-0.4, -0.2) is 42.0 Å². The highest BCUT2D eigenvalue weighted by atomic mass is 35.5. The van der Waals surface area contributed by atoms with Crippen molar-refractivity contribution in [1.29, 1.82) is 0 Å². The average molecular weight is 390 g/mol. The molecule has 1 amide bonds. The van der Waals surface area contributed by atoms with Crippen LogP contribution in [0.3, 0.4) is 0 Å². The fraction of sp³-hybridized carbons (Fsp3) is 0.263. The Hall–Kier alpha value is -2.18. The van der Waals surface area contributed by atoms with Gasteiger partial charge in [-0.2, -0.15) is 0 Å². The maximum atomic E-state index is 13.3. The van der Waals surface area contributed by atoms with Crippen molar-refractivity contribution < 1.29 is 9.18 Å². The molecule has 1 aliphatic rings. The topological polar surface area (TPSA) is 36.4 Å². The van der Waals surface area contributed by atoms with Crippen LogP contribution in [-0.2, 0) is 0 Å². The van der Waals surface area contributed by atoms with Crippen molar-refractivity contribution in [3.8, 4) is 0 Å². The molecule has 1 saturated heterocycles. The highest BCUT2D eigenvalue weighted by molar-refractivity contribution is 7.22. The standard InChI is InChI=1S/C19H17ClFN3OS/c1-12-5-6-15(20)17-16(12)22-19(26-17)24-9-7-23(8-10-24)18(25)13-3-2-4-14(21)11-13/h2-6,11H,7-10H2,1H3. The first-order valence-electron chi connectivity index (χ1n) is 8.38. The van der Waals surface area contributed by atoms with Crippen LogP contribution >= 0.6 is 22.9 Å². The summed E-state index contributed by atoms with van der Waals surface area (Å²) in [6.07, 6.45) is 0. The van der Waals surface area contributed by atoms with Gasteiger partial charge in [0.05, 0.1) is 15.2 Å². The van der Waals surface area contributed by atoms with E-state index in [2.05, 4.69) is 4.90 Å². The molecule has 0 spiro atoms. The molecule has 4 rings (SSSR count). The number of aromatic nitrogens is 1. The Labute approximate surface area is 159 Å². The van der Waals surface area contributed by atoms with Crippen LogP contribution in [0, 0.1) is 12.7 Å². The number of amides is 1. The number of hydrogen-bond acceptors (Lipinski definition) is 4. The molecule has 1 fully saturated rings. The third kappa shape index (κ3) is 3.15. The summed E-state index contributed by atoms with van der Waals surface area (Å²) < 4.78 is 14.3. The Morgan fingerprint density at radius 3 is 2.65 bits per heavy atom. The van der Waals surface area contributed by atoms with E-state index in [-0.39, 0.29) is 5.91 Å². The summed E-state index contributed by atoms with van der Waals surface area (Å²) in [7, 11) is 0. The van der Waals surface area contributed by atoms with Crippen LogP contribution in [0.25, 0.3) is 10.2 Å². The van der Waals surface area contributed by atoms with E-state index in [1.807, 2.05) is 19.1 Å². The van der Waals surface area contributed by atoms with Crippen molar-refractivity contribution >= 4 is 44.2 Å². The summed E-state index contributed by atoms with van der Waals surface area (Å²) >= 11 is 7.88. The van der Waals surface area contributed by atoms with Crippen molar-refractivity contribution in [2.24, 2.45) is 0 Å². The molecule has 134 valence electrons. The molecule has 26 heavy (non-hydrogen) atoms. The molecular formula is C19H17ClFN3OS. The zero-order valence-electron chi connectivity index (χ0n) is 14.2. The highest BCUT2D eigenvalue weighted by Gasteiger charge is 2.24. The summed E-state index contributed by atoms with van der Waals surface area (Å²) in [5.74, 6) is -0.524. The number of thiazole rings is 1. The van der Waals surface area contributed by atoms with Gasteiger partial charge in [0.25, 0.3) is 5.91 Å². The highest BCUT2D eigenvalue weighted by Crippen LogP contribution is 2.35. The second kappa shape index (κ2) is 6.85. The number of carbonyl (C=O) groups excluding carboxylic acids is 1. The largest absolute Gasteiger partial charge is 0.345 e. The first-order valence-corrected chi connectivity index (χ1v) is 9.58. The summed E-state index contributed by atoms with van der Waals surface area (Å²) in [6, 6.07) is 9.71. The number of hydrogen-bond donors (Lipinski definition) is 0. The summed E-state index contributed by atoms with van der Waals surface area (Å²) in [4.78, 5) is 21.2. The summed E-state index contributed by atoms with van der Waals surface area (Å²) in [5.41, 5.74) is 2.43. The van der Waals surface area contributed by atoms with E-state index in [4.69, 9.17) is 16.6 Å². The number of aryl methyl sites for hydroxylation is 1. The van der Waals surface area contributed by atoms with Crippen LogP contribution in [0.15, 0.2) is 36.4 Å². The van der Waals surface area contributed by atoms with Gasteiger partial charge >= 0.3 is 0 Å². The van der Waals surface area contributed by atoms with Gasteiger partial charge in [-0.25, -0.2) is 9.37 Å². The zero-order chi connectivity index (χ0) is 18.3. The predicted molar refractivity (Wildman–Crippen MR) is 104 cm³/mol. The van der Waals surface area contributed by atoms with Gasteiger partial charge in [0.1, 0.15) is 5.82 Å². The van der Waals surface area contributed by atoms with Crippen LogP contribution in [0.1, 0.15) is 15.9 Å². The Morgan fingerprint density at radius 2 is 1.96 bits per heavy atom. The van der Waals surface area contributed by atoms with E-state index in [0.29, 0.717) is 36.8 Å². The number of nitrogens with zero attached hydrogens (tertiary/aromatic N) is 3. The van der Waals surface area contributed by atoms with Crippen LogP contribution in [0.2, 0.25) is 5.02 Å². The molecule has 0 unspecified atom stereocenters. The Balaban J connectivity index is 1.49. The number of rotatable bonds is 2. The predicted octanol–water partition coefficient (Wildman–Crippen LogP) is 4.36. The smallest absolute Gasteiger partial charge is 0.254 e. The van der Waals surface area contributed by atoms with E-state index in [1.165, 1.54) is 12.1 Å². The van der Waals surface area contributed by atoms with Crippen LogP contribution in [0.5, 0.6) is 0 Å². The molecule has 7 heteroatoms. The molecule has 2 heterocycles. The van der Waals surface area contributed by atoms with Gasteiger partial charge in [-0.05, 0) is 36.8 Å². The molecule has 4 nitrogen and oxygen atoms in total. The lowest BCUT2D eigenvalue weighted by atomic mass is 10.2. The van der Waals surface area contributed by atoms with Gasteiger partial charge in [0.15, 0.2) is 5.13 Å². The van der Waals surface area contributed by atoms with E-state index in [0.717, 1.165) is 20.9 Å². The SMILES string of the molecule is Cc1ccc(Cl)c2sc(N3CCN(C(=O)c4cccc(F)c4)CC3)nc12. The molecule has 0 radical (unpaired) electrons. The molecule has 1 aliphatic heterocycles. The number of benzene rings is 2. The number of fused-ring (bicyclic) bond motifs is 1. The van der Waals surface area contributed by atoms with Crippen molar-refractivity contribution in [3.63, 3.8) is 0 Å². The maximum absolute atomic E-state index is 13.3. The minimum absolute atomic E-state index is 0.132. The second-order valence-electron chi connectivity index (χ2n) is 6.33. The molecule has 0 atom stereocenters. The third-order valence-electron chi connectivity index (χ3n) is 4.59. The number of carbonyl (C=O) groups is 1. The van der Waals surface area contributed by atoms with Crippen LogP contribution in [0.4, 0.5) is 9.52 Å². The Bertz CT molecular complexity index is 943. The van der Waals surface area contributed by atoms with Crippen molar-refractivity contribution in [2.45, 2.75) is 6.92 Å². The molecule has 0 saturated carbocycles. The first kappa shape index (κ1) is 17.2. The Kier molecular flexibility index (Phi) is 4.54. The van der Waals surface area contributed by atoms with E-state index >= 15 is 0 Å². The van der Waals surface area contributed by atoms with Gasteiger partial charge in [-0.1, -0.05) is 35.1 Å². The molecule has 2 aromatic carbocycles. The molecule has 0 aliphatic carbocycles. The van der Waals surface area contributed by atoms with Crippen LogP contribution < -0.4 is 4.90 Å². The molecule has 1 aromatic heterocycles. The van der Waals surface area contributed by atoms with Gasteiger partial charge in [0.2, 0.25) is 0 Å². The summed E-state index contributed by atoms with van der Waals surface area (Å²) in [5, 5.41) is 1.64. The van der Waals surface area contributed by atoms with E-state index < -0.39 is 5.82 Å². The second-order valence-corrected chi connectivity index (χ2v) is 7.71. The third-order valence-corrected chi connectivity index (χ3v) is 6.17. The lowest BCUT2D eigenvalue weighted by molar-refractivity contribution is 0.0746. The lowest BCUT2D eigenvalue weighted by Crippen LogP contribution is -2.48. The number of halogens is 2. The van der Waals surface area contributed by atoms with Gasteiger partial charge in [-0.3, -0.25) is 4.79 Å². The van der Waals surface area contributed by atoms with Crippen molar-refractivity contribution in [3.05, 3.63) is 58.4 Å².